The highest BCUT2D eigenvalue weighted by Crippen LogP contribution is 2.20. The third kappa shape index (κ3) is 3.39. The molecule has 0 radical (unpaired) electrons. The Morgan fingerprint density at radius 1 is 1.38 bits per heavy atom. The number of halogens is 1. The van der Waals surface area contributed by atoms with Crippen LogP contribution in [0.25, 0.3) is 0 Å². The number of rotatable bonds is 3. The van der Waals surface area contributed by atoms with Crippen LogP contribution in [0, 0.1) is 12.8 Å². The SMILES string of the molecule is Cc1ccc(NCC(C)C)cc1Br. The normalized spacial score (nSPS) is 10.5. The second-order valence-corrected chi connectivity index (χ2v) is 4.59. The van der Waals surface area contributed by atoms with Gasteiger partial charge in [0.1, 0.15) is 0 Å². The molecular formula is C11H16BrN. The van der Waals surface area contributed by atoms with Gasteiger partial charge in [-0.2, -0.15) is 0 Å². The number of benzene rings is 1. The maximum absolute atomic E-state index is 3.51. The number of hydrogen-bond acceptors (Lipinski definition) is 1. The molecule has 1 aromatic carbocycles. The van der Waals surface area contributed by atoms with E-state index >= 15 is 0 Å². The zero-order chi connectivity index (χ0) is 9.84. The van der Waals surface area contributed by atoms with Crippen molar-refractivity contribution in [3.63, 3.8) is 0 Å². The molecule has 0 bridgehead atoms. The second-order valence-electron chi connectivity index (χ2n) is 3.74. The standard InChI is InChI=1S/C11H16BrN/c1-8(2)7-13-10-5-4-9(3)11(12)6-10/h4-6,8,13H,7H2,1-3H3. The summed E-state index contributed by atoms with van der Waals surface area (Å²) in [4.78, 5) is 0. The minimum atomic E-state index is 0.681. The first kappa shape index (κ1) is 10.6. The van der Waals surface area contributed by atoms with Crippen molar-refractivity contribution >= 4 is 21.6 Å². The van der Waals surface area contributed by atoms with E-state index in [4.69, 9.17) is 0 Å². The fraction of sp³-hybridized carbons (Fsp3) is 0.455. The average Bonchev–Trinajstić information content (AvgIpc) is 2.07. The highest BCUT2D eigenvalue weighted by molar-refractivity contribution is 9.10. The van der Waals surface area contributed by atoms with Crippen LogP contribution in [0.15, 0.2) is 22.7 Å². The van der Waals surface area contributed by atoms with Gasteiger partial charge in [0.05, 0.1) is 0 Å². The van der Waals surface area contributed by atoms with Gasteiger partial charge in [-0.15, -0.1) is 0 Å². The van der Waals surface area contributed by atoms with Crippen molar-refractivity contribution in [1.82, 2.24) is 0 Å². The van der Waals surface area contributed by atoms with Crippen molar-refractivity contribution in [1.29, 1.82) is 0 Å². The van der Waals surface area contributed by atoms with E-state index in [1.807, 2.05) is 0 Å². The molecule has 0 saturated carbocycles. The summed E-state index contributed by atoms with van der Waals surface area (Å²) in [5.41, 5.74) is 2.46. The summed E-state index contributed by atoms with van der Waals surface area (Å²) in [7, 11) is 0. The van der Waals surface area contributed by atoms with Crippen molar-refractivity contribution in [3.8, 4) is 0 Å². The molecule has 1 nitrogen and oxygen atoms in total. The van der Waals surface area contributed by atoms with Gasteiger partial charge in [0.15, 0.2) is 0 Å². The lowest BCUT2D eigenvalue weighted by molar-refractivity contribution is 0.689. The summed E-state index contributed by atoms with van der Waals surface area (Å²) in [6.45, 7) is 7.53. The van der Waals surface area contributed by atoms with Crippen LogP contribution < -0.4 is 5.32 Å². The van der Waals surface area contributed by atoms with E-state index in [9.17, 15) is 0 Å². The lowest BCUT2D eigenvalue weighted by Gasteiger charge is -2.09. The lowest BCUT2D eigenvalue weighted by Crippen LogP contribution is -2.07. The molecule has 72 valence electrons. The molecule has 1 N–H and O–H groups in total. The highest BCUT2D eigenvalue weighted by atomic mass is 79.9. The Hall–Kier alpha value is -0.500. The third-order valence-corrected chi connectivity index (χ3v) is 2.74. The van der Waals surface area contributed by atoms with E-state index in [1.165, 1.54) is 15.7 Å². The van der Waals surface area contributed by atoms with Crippen molar-refractivity contribution in [3.05, 3.63) is 28.2 Å². The topological polar surface area (TPSA) is 12.0 Å². The Labute approximate surface area is 88.7 Å². The minimum absolute atomic E-state index is 0.681. The van der Waals surface area contributed by atoms with Gasteiger partial charge >= 0.3 is 0 Å². The first-order valence-corrected chi connectivity index (χ1v) is 5.39. The zero-order valence-electron chi connectivity index (χ0n) is 8.39. The minimum Gasteiger partial charge on any atom is -0.385 e. The number of nitrogens with one attached hydrogen (secondary N) is 1. The summed E-state index contributed by atoms with van der Waals surface area (Å²) in [5, 5.41) is 3.38. The number of anilines is 1. The summed E-state index contributed by atoms with van der Waals surface area (Å²) >= 11 is 3.51. The quantitative estimate of drug-likeness (QED) is 0.849. The molecule has 1 rings (SSSR count). The first-order chi connectivity index (χ1) is 6.09. The summed E-state index contributed by atoms with van der Waals surface area (Å²) < 4.78 is 1.17. The predicted molar refractivity (Wildman–Crippen MR) is 62.2 cm³/mol. The van der Waals surface area contributed by atoms with Crippen molar-refractivity contribution in [2.45, 2.75) is 20.8 Å². The van der Waals surface area contributed by atoms with Crippen LogP contribution in [0.3, 0.4) is 0 Å². The maximum Gasteiger partial charge on any atom is 0.0351 e. The highest BCUT2D eigenvalue weighted by Gasteiger charge is 1.97. The molecule has 0 atom stereocenters. The Bertz CT molecular complexity index is 281. The molecule has 0 amide bonds. The monoisotopic (exact) mass is 241 g/mol. The smallest absolute Gasteiger partial charge is 0.0351 e. The Kier molecular flexibility index (Phi) is 3.79. The van der Waals surface area contributed by atoms with Crippen LogP contribution in [0.2, 0.25) is 0 Å². The van der Waals surface area contributed by atoms with Crippen molar-refractivity contribution < 1.29 is 0 Å². The third-order valence-electron chi connectivity index (χ3n) is 1.89. The van der Waals surface area contributed by atoms with Crippen LogP contribution in [0.4, 0.5) is 5.69 Å². The van der Waals surface area contributed by atoms with Crippen LogP contribution in [0.5, 0.6) is 0 Å². The molecule has 13 heavy (non-hydrogen) atoms. The van der Waals surface area contributed by atoms with E-state index < -0.39 is 0 Å². The molecule has 0 aliphatic carbocycles. The van der Waals surface area contributed by atoms with Gasteiger partial charge in [0, 0.05) is 16.7 Å². The Morgan fingerprint density at radius 2 is 2.08 bits per heavy atom. The van der Waals surface area contributed by atoms with Gasteiger partial charge in [-0.3, -0.25) is 0 Å². The van der Waals surface area contributed by atoms with E-state index in [1.54, 1.807) is 0 Å². The van der Waals surface area contributed by atoms with Crippen LogP contribution in [-0.4, -0.2) is 6.54 Å². The molecular weight excluding hydrogens is 226 g/mol. The number of hydrogen-bond donors (Lipinski definition) is 1. The largest absolute Gasteiger partial charge is 0.385 e. The van der Waals surface area contributed by atoms with Gasteiger partial charge in [-0.1, -0.05) is 35.8 Å². The van der Waals surface area contributed by atoms with Crippen LogP contribution in [0.1, 0.15) is 19.4 Å². The van der Waals surface area contributed by atoms with Crippen LogP contribution in [-0.2, 0) is 0 Å². The molecule has 0 spiro atoms. The van der Waals surface area contributed by atoms with Gasteiger partial charge in [0.25, 0.3) is 0 Å². The Balaban J connectivity index is 2.63. The molecule has 0 saturated heterocycles. The van der Waals surface area contributed by atoms with Gasteiger partial charge in [-0.25, -0.2) is 0 Å². The van der Waals surface area contributed by atoms with E-state index in [-0.39, 0.29) is 0 Å². The molecule has 0 aliphatic rings. The predicted octanol–water partition coefficient (Wildman–Crippen LogP) is 3.83. The lowest BCUT2D eigenvalue weighted by atomic mass is 10.2. The molecule has 0 aliphatic heterocycles. The summed E-state index contributed by atoms with van der Waals surface area (Å²) in [6, 6.07) is 6.35. The first-order valence-electron chi connectivity index (χ1n) is 4.59. The molecule has 0 unspecified atom stereocenters. The van der Waals surface area contributed by atoms with E-state index in [2.05, 4.69) is 60.2 Å². The van der Waals surface area contributed by atoms with Gasteiger partial charge in [-0.05, 0) is 30.5 Å². The van der Waals surface area contributed by atoms with Crippen LogP contribution >= 0.6 is 15.9 Å². The van der Waals surface area contributed by atoms with E-state index in [0.717, 1.165) is 6.54 Å². The maximum atomic E-state index is 3.51. The fourth-order valence-corrected chi connectivity index (χ4v) is 1.40. The van der Waals surface area contributed by atoms with Gasteiger partial charge < -0.3 is 5.32 Å². The molecule has 0 aromatic heterocycles. The molecule has 2 heteroatoms. The molecule has 1 aromatic rings. The van der Waals surface area contributed by atoms with Crippen molar-refractivity contribution in [2.24, 2.45) is 5.92 Å². The Morgan fingerprint density at radius 3 is 2.62 bits per heavy atom. The molecule has 0 fully saturated rings. The van der Waals surface area contributed by atoms with Crippen molar-refractivity contribution in [2.75, 3.05) is 11.9 Å². The number of aryl methyl sites for hydroxylation is 1. The average molecular weight is 242 g/mol. The van der Waals surface area contributed by atoms with E-state index in [0.29, 0.717) is 5.92 Å². The zero-order valence-corrected chi connectivity index (χ0v) is 9.98. The summed E-state index contributed by atoms with van der Waals surface area (Å²) in [5.74, 6) is 0.681. The second kappa shape index (κ2) is 4.66. The molecule has 0 heterocycles. The fourth-order valence-electron chi connectivity index (χ4n) is 1.02. The van der Waals surface area contributed by atoms with Gasteiger partial charge in [0.2, 0.25) is 0 Å². The summed E-state index contributed by atoms with van der Waals surface area (Å²) in [6.07, 6.45) is 0.